The normalized spacial score (nSPS) is 22.6. The number of rotatable bonds is 6. The number of hydrogen-bond donors (Lipinski definition) is 2. The number of ether oxygens (including phenoxy) is 1. The van der Waals surface area contributed by atoms with Crippen molar-refractivity contribution < 1.29 is 27.5 Å². The smallest absolute Gasteiger partial charge is 0.286 e. The van der Waals surface area contributed by atoms with Crippen molar-refractivity contribution >= 4 is 17.6 Å². The standard InChI is InChI=1S/C27H29F3N8O3/c1-15-10-32-22(12-31-15)37-13-21(27(29,30)14-37)34-24(39)16-3-6-38(26(9-16)4-5-26)25(40)20-8-19(35-36-20)17-7-23(41-2)33-11-18(17)28/h7-8,10-12,16,21H,3-6,9,13-14H2,1-2H3,(H,34,39)(H,35,36)/t16-,21+/m0/s1. The summed E-state index contributed by atoms with van der Waals surface area (Å²) < 4.78 is 49.1. The molecular weight excluding hydrogens is 541 g/mol. The molecule has 1 spiro atoms. The van der Waals surface area contributed by atoms with Crippen LogP contribution in [-0.4, -0.2) is 86.1 Å². The van der Waals surface area contributed by atoms with Gasteiger partial charge in [-0.25, -0.2) is 23.1 Å². The summed E-state index contributed by atoms with van der Waals surface area (Å²) in [4.78, 5) is 41.9. The van der Waals surface area contributed by atoms with Gasteiger partial charge in [0.2, 0.25) is 11.8 Å². The first kappa shape index (κ1) is 27.0. The van der Waals surface area contributed by atoms with E-state index in [1.54, 1.807) is 11.8 Å². The number of carbonyl (C=O) groups excluding carboxylic acids is 2. The maximum atomic E-state index is 14.9. The van der Waals surface area contributed by atoms with Gasteiger partial charge < -0.3 is 19.9 Å². The number of pyridine rings is 1. The van der Waals surface area contributed by atoms with Crippen molar-refractivity contribution in [2.75, 3.05) is 31.6 Å². The van der Waals surface area contributed by atoms with Crippen LogP contribution in [0.5, 0.6) is 5.88 Å². The zero-order chi connectivity index (χ0) is 28.9. The second-order valence-electron chi connectivity index (χ2n) is 11.0. The lowest BCUT2D eigenvalue weighted by molar-refractivity contribution is -0.130. The topological polar surface area (TPSA) is 129 Å². The first-order valence-electron chi connectivity index (χ1n) is 13.4. The number of amides is 2. The largest absolute Gasteiger partial charge is 0.481 e. The molecule has 216 valence electrons. The summed E-state index contributed by atoms with van der Waals surface area (Å²) in [6, 6.07) is 1.51. The van der Waals surface area contributed by atoms with Gasteiger partial charge in [-0.15, -0.1) is 0 Å². The maximum Gasteiger partial charge on any atom is 0.286 e. The highest BCUT2D eigenvalue weighted by Gasteiger charge is 2.56. The predicted molar refractivity (Wildman–Crippen MR) is 140 cm³/mol. The number of nitrogens with one attached hydrogen (secondary N) is 2. The Bertz CT molecular complexity index is 1480. The van der Waals surface area contributed by atoms with Gasteiger partial charge in [-0.3, -0.25) is 19.7 Å². The van der Waals surface area contributed by atoms with Crippen molar-refractivity contribution in [2.45, 2.75) is 50.1 Å². The molecule has 1 aliphatic carbocycles. The third-order valence-electron chi connectivity index (χ3n) is 8.19. The average Bonchev–Trinajstić information content (AvgIpc) is 3.40. The molecule has 41 heavy (non-hydrogen) atoms. The molecule has 3 aromatic heterocycles. The summed E-state index contributed by atoms with van der Waals surface area (Å²) in [6.45, 7) is 1.41. The van der Waals surface area contributed by atoms with E-state index in [2.05, 4.69) is 30.5 Å². The van der Waals surface area contributed by atoms with Crippen molar-refractivity contribution in [1.82, 2.24) is 35.4 Å². The molecule has 0 bridgehead atoms. The molecule has 0 aromatic carbocycles. The van der Waals surface area contributed by atoms with Crippen molar-refractivity contribution in [1.29, 1.82) is 0 Å². The minimum atomic E-state index is -3.13. The van der Waals surface area contributed by atoms with Crippen LogP contribution < -0.4 is 15.0 Å². The SMILES string of the molecule is COc1cc(-c2cc(C(=O)N3CC[C@H](C(=O)N[C@@H]4CN(c5cnc(C)cn5)CC4(F)F)CC34CC4)[nH]n2)c(F)cn1. The van der Waals surface area contributed by atoms with Gasteiger partial charge in [0.1, 0.15) is 17.6 Å². The van der Waals surface area contributed by atoms with Crippen LogP contribution >= 0.6 is 0 Å². The monoisotopic (exact) mass is 570 g/mol. The molecule has 2 amide bonds. The Labute approximate surface area is 233 Å². The zero-order valence-corrected chi connectivity index (χ0v) is 22.5. The van der Waals surface area contributed by atoms with Gasteiger partial charge in [0.15, 0.2) is 5.82 Å². The Morgan fingerprint density at radius 1 is 1.15 bits per heavy atom. The molecule has 3 fully saturated rings. The molecule has 0 radical (unpaired) electrons. The Hall–Kier alpha value is -4.23. The van der Waals surface area contributed by atoms with Crippen LogP contribution in [0.2, 0.25) is 0 Å². The van der Waals surface area contributed by atoms with E-state index >= 15 is 0 Å². The highest BCUT2D eigenvalue weighted by atomic mass is 19.3. The number of piperidine rings is 1. The van der Waals surface area contributed by atoms with E-state index in [0.717, 1.165) is 6.20 Å². The number of H-pyrrole nitrogens is 1. The first-order valence-corrected chi connectivity index (χ1v) is 13.4. The molecule has 0 unspecified atom stereocenters. The van der Waals surface area contributed by atoms with Gasteiger partial charge in [-0.1, -0.05) is 0 Å². The Balaban J connectivity index is 1.11. The Kier molecular flexibility index (Phi) is 6.57. The molecule has 6 rings (SSSR count). The van der Waals surface area contributed by atoms with Gasteiger partial charge in [-0.05, 0) is 38.7 Å². The molecule has 2 atom stereocenters. The summed E-state index contributed by atoms with van der Waals surface area (Å²) in [6.07, 6.45) is 6.12. The molecule has 11 nitrogen and oxygen atoms in total. The summed E-state index contributed by atoms with van der Waals surface area (Å²) >= 11 is 0. The molecule has 2 saturated heterocycles. The van der Waals surface area contributed by atoms with Gasteiger partial charge in [0, 0.05) is 36.2 Å². The fraction of sp³-hybridized carbons (Fsp3) is 0.481. The van der Waals surface area contributed by atoms with Crippen LogP contribution in [0.3, 0.4) is 0 Å². The van der Waals surface area contributed by atoms with Crippen LogP contribution in [0.4, 0.5) is 19.0 Å². The van der Waals surface area contributed by atoms with E-state index in [4.69, 9.17) is 4.74 Å². The van der Waals surface area contributed by atoms with Crippen LogP contribution in [0.25, 0.3) is 11.3 Å². The molecule has 2 aliphatic heterocycles. The predicted octanol–water partition coefficient (Wildman–Crippen LogP) is 2.74. The van der Waals surface area contributed by atoms with Crippen LogP contribution in [0.15, 0.2) is 30.7 Å². The average molecular weight is 571 g/mol. The molecule has 5 heterocycles. The van der Waals surface area contributed by atoms with Gasteiger partial charge in [-0.2, -0.15) is 5.10 Å². The van der Waals surface area contributed by atoms with Gasteiger partial charge in [0.05, 0.1) is 43.6 Å². The third kappa shape index (κ3) is 5.06. The van der Waals surface area contributed by atoms with E-state index in [0.29, 0.717) is 37.2 Å². The van der Waals surface area contributed by atoms with E-state index in [1.165, 1.54) is 36.5 Å². The van der Waals surface area contributed by atoms with E-state index in [-0.39, 0.29) is 41.8 Å². The zero-order valence-electron chi connectivity index (χ0n) is 22.5. The van der Waals surface area contributed by atoms with Crippen molar-refractivity contribution in [2.24, 2.45) is 5.92 Å². The van der Waals surface area contributed by atoms with Gasteiger partial charge in [0.25, 0.3) is 11.8 Å². The number of halogens is 3. The third-order valence-corrected chi connectivity index (χ3v) is 8.19. The summed E-state index contributed by atoms with van der Waals surface area (Å²) in [7, 11) is 1.41. The summed E-state index contributed by atoms with van der Waals surface area (Å²) in [5.74, 6) is -4.43. The second-order valence-corrected chi connectivity index (χ2v) is 11.0. The van der Waals surface area contributed by atoms with E-state index < -0.39 is 41.7 Å². The number of methoxy groups -OCH3 is 1. The van der Waals surface area contributed by atoms with Crippen LogP contribution in [0, 0.1) is 18.7 Å². The highest BCUT2D eigenvalue weighted by molar-refractivity contribution is 5.94. The molecular formula is C27H29F3N8O3. The lowest BCUT2D eigenvalue weighted by Crippen LogP contribution is -2.54. The minimum Gasteiger partial charge on any atom is -0.481 e. The maximum absolute atomic E-state index is 14.9. The molecule has 3 aromatic rings. The van der Waals surface area contributed by atoms with Crippen LogP contribution in [0.1, 0.15) is 41.9 Å². The summed E-state index contributed by atoms with van der Waals surface area (Å²) in [5, 5.41) is 9.39. The number of aromatic amines is 1. The van der Waals surface area contributed by atoms with E-state index in [1.807, 2.05) is 0 Å². The van der Waals surface area contributed by atoms with Crippen molar-refractivity contribution in [3.63, 3.8) is 0 Å². The lowest BCUT2D eigenvalue weighted by atomic mass is 9.87. The number of nitrogens with zero attached hydrogens (tertiary/aromatic N) is 6. The van der Waals surface area contributed by atoms with Crippen molar-refractivity contribution in [3.05, 3.63) is 47.9 Å². The number of hydrogen-bond acceptors (Lipinski definition) is 8. The number of aryl methyl sites for hydroxylation is 1. The minimum absolute atomic E-state index is 0.0783. The Morgan fingerprint density at radius 2 is 1.95 bits per heavy atom. The molecule has 14 heteroatoms. The highest BCUT2D eigenvalue weighted by Crippen LogP contribution is 2.50. The Morgan fingerprint density at radius 3 is 2.66 bits per heavy atom. The number of anilines is 1. The lowest BCUT2D eigenvalue weighted by Gasteiger charge is -2.39. The van der Waals surface area contributed by atoms with Crippen LogP contribution in [-0.2, 0) is 4.79 Å². The fourth-order valence-electron chi connectivity index (χ4n) is 5.74. The molecule has 1 saturated carbocycles. The molecule has 2 N–H and O–H groups in total. The number of alkyl halides is 2. The van der Waals surface area contributed by atoms with Crippen molar-refractivity contribution in [3.8, 4) is 17.1 Å². The molecule has 3 aliphatic rings. The first-order chi connectivity index (χ1) is 19.6. The quantitative estimate of drug-likeness (QED) is 0.463. The number of aromatic nitrogens is 5. The van der Waals surface area contributed by atoms with Gasteiger partial charge >= 0.3 is 0 Å². The number of likely N-dealkylation sites (tertiary alicyclic amines) is 1. The van der Waals surface area contributed by atoms with E-state index in [9.17, 15) is 22.8 Å². The number of carbonyl (C=O) groups is 2. The summed E-state index contributed by atoms with van der Waals surface area (Å²) in [5.41, 5.74) is 0.721. The fourth-order valence-corrected chi connectivity index (χ4v) is 5.74. The second kappa shape index (κ2) is 10.00.